The van der Waals surface area contributed by atoms with E-state index in [4.69, 9.17) is 16.6 Å². The molecular weight excluding hydrogens is 320 g/mol. The molecule has 3 rings (SSSR count). The van der Waals surface area contributed by atoms with E-state index >= 15 is 0 Å². The molecule has 1 aromatic rings. The summed E-state index contributed by atoms with van der Waals surface area (Å²) in [6, 6.07) is 9.93. The van der Waals surface area contributed by atoms with Crippen LogP contribution in [-0.4, -0.2) is 28.2 Å². The molecule has 130 valence electrons. The van der Waals surface area contributed by atoms with Crippen LogP contribution in [0.4, 0.5) is 0 Å². The second kappa shape index (κ2) is 8.66. The summed E-state index contributed by atoms with van der Waals surface area (Å²) < 4.78 is 0. The highest BCUT2D eigenvalue weighted by molar-refractivity contribution is 6.66. The molecule has 4 heteroatoms. The van der Waals surface area contributed by atoms with Gasteiger partial charge >= 0.3 is 0 Å². The Balaban J connectivity index is 1.83. The molecule has 2 saturated carbocycles. The quantitative estimate of drug-likeness (QED) is 0.410. The van der Waals surface area contributed by atoms with Gasteiger partial charge in [-0.2, -0.15) is 0 Å². The van der Waals surface area contributed by atoms with Gasteiger partial charge in [0, 0.05) is 11.6 Å². The van der Waals surface area contributed by atoms with Crippen LogP contribution < -0.4 is 0 Å². The van der Waals surface area contributed by atoms with Crippen molar-refractivity contribution in [3.05, 3.63) is 35.9 Å². The summed E-state index contributed by atoms with van der Waals surface area (Å²) in [5.74, 6) is -0.00735. The van der Waals surface area contributed by atoms with Crippen LogP contribution in [0, 0.1) is 0 Å². The predicted octanol–water partition coefficient (Wildman–Crippen LogP) is 5.39. The van der Waals surface area contributed by atoms with Crippen LogP contribution in [0.25, 0.3) is 0 Å². The Morgan fingerprint density at radius 1 is 0.917 bits per heavy atom. The van der Waals surface area contributed by atoms with Crippen molar-refractivity contribution in [3.8, 4) is 0 Å². The van der Waals surface area contributed by atoms with Gasteiger partial charge in [0.2, 0.25) is 5.29 Å². The monoisotopic (exact) mass is 346 g/mol. The van der Waals surface area contributed by atoms with E-state index in [1.165, 1.54) is 25.7 Å². The third kappa shape index (κ3) is 4.38. The molecule has 0 aliphatic heterocycles. The Hall–Kier alpha value is -1.35. The molecular formula is C20H27ClN2O. The van der Waals surface area contributed by atoms with Crippen molar-refractivity contribution in [2.45, 2.75) is 76.3 Å². The Kier molecular flexibility index (Phi) is 6.30. The van der Waals surface area contributed by atoms with Crippen LogP contribution >= 0.6 is 11.6 Å². The zero-order valence-corrected chi connectivity index (χ0v) is 15.0. The molecule has 0 heterocycles. The number of carbonyl (C=O) groups excluding carboxylic acids is 1. The van der Waals surface area contributed by atoms with Gasteiger partial charge in [-0.25, -0.2) is 0 Å². The summed E-state index contributed by atoms with van der Waals surface area (Å²) in [5.41, 5.74) is 0.695. The Labute approximate surface area is 150 Å². The van der Waals surface area contributed by atoms with Crippen molar-refractivity contribution in [1.82, 2.24) is 4.90 Å². The SMILES string of the molecule is O=C(c1ccccc1)N(C(Cl)=NC1CCCCC1)C1CCCCC1. The Bertz CT molecular complexity index is 560. The number of rotatable bonds is 3. The fourth-order valence-electron chi connectivity index (χ4n) is 3.88. The number of aliphatic imine (C=N–C) groups is 1. The number of amides is 1. The van der Waals surface area contributed by atoms with Crippen molar-refractivity contribution >= 4 is 22.8 Å². The fraction of sp³-hybridized carbons (Fsp3) is 0.600. The lowest BCUT2D eigenvalue weighted by atomic mass is 9.94. The molecule has 0 unspecified atom stereocenters. The van der Waals surface area contributed by atoms with Gasteiger partial charge < -0.3 is 0 Å². The average Bonchev–Trinajstić information content (AvgIpc) is 2.64. The zero-order chi connectivity index (χ0) is 16.8. The lowest BCUT2D eigenvalue weighted by molar-refractivity contribution is 0.0779. The first-order chi connectivity index (χ1) is 11.8. The predicted molar refractivity (Wildman–Crippen MR) is 99.6 cm³/mol. The third-order valence-corrected chi connectivity index (χ3v) is 5.52. The van der Waals surface area contributed by atoms with Gasteiger partial charge in [-0.1, -0.05) is 56.7 Å². The Morgan fingerprint density at radius 3 is 2.12 bits per heavy atom. The van der Waals surface area contributed by atoms with Crippen LogP contribution in [0.3, 0.4) is 0 Å². The number of carbonyl (C=O) groups is 1. The smallest absolute Gasteiger partial charge is 0.260 e. The van der Waals surface area contributed by atoms with Gasteiger partial charge in [0.15, 0.2) is 0 Å². The second-order valence-electron chi connectivity index (χ2n) is 7.02. The fourth-order valence-corrected chi connectivity index (χ4v) is 4.24. The lowest BCUT2D eigenvalue weighted by Gasteiger charge is -2.33. The van der Waals surface area contributed by atoms with Gasteiger partial charge in [-0.15, -0.1) is 0 Å². The van der Waals surface area contributed by atoms with E-state index in [1.54, 1.807) is 4.90 Å². The van der Waals surface area contributed by atoms with E-state index in [2.05, 4.69) is 0 Å². The molecule has 3 nitrogen and oxygen atoms in total. The van der Waals surface area contributed by atoms with Crippen molar-refractivity contribution in [2.75, 3.05) is 0 Å². The first kappa shape index (κ1) is 17.5. The van der Waals surface area contributed by atoms with Crippen molar-refractivity contribution in [2.24, 2.45) is 4.99 Å². The molecule has 0 saturated heterocycles. The molecule has 0 spiro atoms. The van der Waals surface area contributed by atoms with E-state index in [0.29, 0.717) is 10.9 Å². The number of hydrogen-bond acceptors (Lipinski definition) is 2. The molecule has 1 amide bonds. The van der Waals surface area contributed by atoms with Crippen LogP contribution in [-0.2, 0) is 0 Å². The second-order valence-corrected chi connectivity index (χ2v) is 7.36. The normalized spacial score (nSPS) is 20.8. The van der Waals surface area contributed by atoms with E-state index in [9.17, 15) is 4.79 Å². The van der Waals surface area contributed by atoms with Gasteiger partial charge in [0.05, 0.1) is 6.04 Å². The zero-order valence-electron chi connectivity index (χ0n) is 14.3. The molecule has 2 aliphatic rings. The summed E-state index contributed by atoms with van der Waals surface area (Å²) in [4.78, 5) is 19.6. The van der Waals surface area contributed by atoms with E-state index < -0.39 is 0 Å². The van der Waals surface area contributed by atoms with E-state index in [-0.39, 0.29) is 18.0 Å². The Morgan fingerprint density at radius 2 is 1.50 bits per heavy atom. The van der Waals surface area contributed by atoms with Crippen LogP contribution in [0.2, 0.25) is 0 Å². The number of benzene rings is 1. The highest BCUT2D eigenvalue weighted by atomic mass is 35.5. The first-order valence-corrected chi connectivity index (χ1v) is 9.75. The molecule has 0 atom stereocenters. The molecule has 24 heavy (non-hydrogen) atoms. The summed E-state index contributed by atoms with van der Waals surface area (Å²) in [6.45, 7) is 0. The minimum atomic E-state index is -0.00735. The summed E-state index contributed by atoms with van der Waals surface area (Å²) in [5, 5.41) is 0.405. The van der Waals surface area contributed by atoms with E-state index in [1.807, 2.05) is 30.3 Å². The number of hydrogen-bond donors (Lipinski definition) is 0. The highest BCUT2D eigenvalue weighted by Gasteiger charge is 2.30. The van der Waals surface area contributed by atoms with Crippen molar-refractivity contribution in [1.29, 1.82) is 0 Å². The van der Waals surface area contributed by atoms with Gasteiger partial charge in [-0.05, 0) is 49.4 Å². The van der Waals surface area contributed by atoms with Crippen molar-refractivity contribution in [3.63, 3.8) is 0 Å². The third-order valence-electron chi connectivity index (χ3n) is 5.24. The van der Waals surface area contributed by atoms with Crippen LogP contribution in [0.15, 0.2) is 35.3 Å². The number of amidine groups is 1. The van der Waals surface area contributed by atoms with Crippen molar-refractivity contribution < 1.29 is 4.79 Å². The maximum absolute atomic E-state index is 13.1. The van der Waals surface area contributed by atoms with Crippen LogP contribution in [0.5, 0.6) is 0 Å². The van der Waals surface area contributed by atoms with Crippen LogP contribution in [0.1, 0.15) is 74.6 Å². The standard InChI is InChI=1S/C20H27ClN2O/c21-20(22-17-12-6-2-7-13-17)23(18-14-8-3-9-15-18)19(24)16-10-4-1-5-11-16/h1,4-5,10-11,17-18H,2-3,6-9,12-15H2. The minimum Gasteiger partial charge on any atom is -0.280 e. The maximum Gasteiger partial charge on any atom is 0.260 e. The van der Waals surface area contributed by atoms with Gasteiger partial charge in [0.25, 0.3) is 5.91 Å². The summed E-state index contributed by atoms with van der Waals surface area (Å²) >= 11 is 6.61. The minimum absolute atomic E-state index is 0.00735. The molecule has 2 fully saturated rings. The highest BCUT2D eigenvalue weighted by Crippen LogP contribution is 2.27. The topological polar surface area (TPSA) is 32.7 Å². The molecule has 0 aromatic heterocycles. The lowest BCUT2D eigenvalue weighted by Crippen LogP contribution is -2.44. The molecule has 0 bridgehead atoms. The van der Waals surface area contributed by atoms with Gasteiger partial charge in [-0.3, -0.25) is 14.7 Å². The molecule has 1 aromatic carbocycles. The molecule has 2 aliphatic carbocycles. The van der Waals surface area contributed by atoms with E-state index in [0.717, 1.165) is 38.5 Å². The average molecular weight is 347 g/mol. The summed E-state index contributed by atoms with van der Waals surface area (Å²) in [6.07, 6.45) is 11.5. The first-order valence-electron chi connectivity index (χ1n) is 9.37. The maximum atomic E-state index is 13.1. The molecule has 0 N–H and O–H groups in total. The summed E-state index contributed by atoms with van der Waals surface area (Å²) in [7, 11) is 0. The number of nitrogens with zero attached hydrogens (tertiary/aromatic N) is 2. The van der Waals surface area contributed by atoms with Gasteiger partial charge in [0.1, 0.15) is 0 Å². The molecule has 0 radical (unpaired) electrons. The number of halogens is 1. The largest absolute Gasteiger partial charge is 0.280 e.